The van der Waals surface area contributed by atoms with Crippen LogP contribution in [0, 0.1) is 16.7 Å². The third-order valence-electron chi connectivity index (χ3n) is 4.66. The van der Waals surface area contributed by atoms with Crippen molar-refractivity contribution in [2.75, 3.05) is 13.1 Å². The van der Waals surface area contributed by atoms with Gasteiger partial charge in [0.2, 0.25) is 5.89 Å². The van der Waals surface area contributed by atoms with E-state index in [9.17, 15) is 19.8 Å². The lowest BCUT2D eigenvalue weighted by Crippen LogP contribution is -2.28. The number of piperidine rings is 1. The first-order valence-electron chi connectivity index (χ1n) is 7.30. The minimum absolute atomic E-state index is 0.200. The molecule has 8 heteroatoms. The van der Waals surface area contributed by atoms with E-state index >= 15 is 0 Å². The van der Waals surface area contributed by atoms with Crippen molar-refractivity contribution in [2.24, 2.45) is 16.7 Å². The van der Waals surface area contributed by atoms with Gasteiger partial charge in [0.15, 0.2) is 5.82 Å². The Balaban J connectivity index is 1.70. The Labute approximate surface area is 127 Å². The van der Waals surface area contributed by atoms with Crippen molar-refractivity contribution >= 4 is 11.9 Å². The number of hydrogen-bond acceptors (Lipinski definition) is 6. The van der Waals surface area contributed by atoms with Crippen LogP contribution < -0.4 is 0 Å². The first-order valence-corrected chi connectivity index (χ1v) is 7.30. The second-order valence-electron chi connectivity index (χ2n) is 6.80. The van der Waals surface area contributed by atoms with Crippen LogP contribution in [0.1, 0.15) is 32.0 Å². The third-order valence-corrected chi connectivity index (χ3v) is 4.66. The second kappa shape index (κ2) is 4.77. The summed E-state index contributed by atoms with van der Waals surface area (Å²) in [5.74, 6) is -0.649. The fourth-order valence-electron chi connectivity index (χ4n) is 3.50. The predicted octanol–water partition coefficient (Wildman–Crippen LogP) is 0.629. The van der Waals surface area contributed by atoms with Gasteiger partial charge in [-0.3, -0.25) is 14.5 Å². The van der Waals surface area contributed by atoms with Crippen LogP contribution in [0.3, 0.4) is 0 Å². The van der Waals surface area contributed by atoms with Gasteiger partial charge in [-0.15, -0.1) is 0 Å². The van der Waals surface area contributed by atoms with E-state index in [2.05, 4.69) is 10.1 Å². The molecule has 1 saturated heterocycles. The molecule has 2 aliphatic rings. The fraction of sp³-hybridized carbons (Fsp3) is 0.714. The van der Waals surface area contributed by atoms with Crippen molar-refractivity contribution in [2.45, 2.75) is 33.2 Å². The van der Waals surface area contributed by atoms with Gasteiger partial charge in [0, 0.05) is 19.5 Å². The summed E-state index contributed by atoms with van der Waals surface area (Å²) in [6.07, 6.45) is 0.886. The predicted molar refractivity (Wildman–Crippen MR) is 72.9 cm³/mol. The number of rotatable bonds is 6. The number of carbonyl (C=O) groups is 2. The molecule has 1 aliphatic heterocycles. The molecule has 1 aliphatic carbocycles. The Morgan fingerprint density at radius 2 is 1.86 bits per heavy atom. The number of carboxylic acid groups (broad SMARTS) is 2. The van der Waals surface area contributed by atoms with Gasteiger partial charge >= 0.3 is 11.9 Å². The maximum Gasteiger partial charge on any atom is 0.312 e. The van der Waals surface area contributed by atoms with E-state index in [1.807, 2.05) is 13.8 Å². The molecule has 2 atom stereocenters. The van der Waals surface area contributed by atoms with Gasteiger partial charge in [-0.25, -0.2) is 0 Å². The molecule has 0 spiro atoms. The highest BCUT2D eigenvalue weighted by atomic mass is 16.5. The highest BCUT2D eigenvalue weighted by molar-refractivity contribution is 5.94. The summed E-state index contributed by atoms with van der Waals surface area (Å²) < 4.78 is 5.15. The van der Waals surface area contributed by atoms with Crippen LogP contribution in [-0.2, 0) is 22.6 Å². The molecule has 1 aromatic rings. The summed E-state index contributed by atoms with van der Waals surface area (Å²) in [4.78, 5) is 29.0. The smallest absolute Gasteiger partial charge is 0.312 e. The van der Waals surface area contributed by atoms with Gasteiger partial charge in [-0.1, -0.05) is 19.0 Å². The summed E-state index contributed by atoms with van der Waals surface area (Å²) in [7, 11) is 0. The molecule has 0 amide bonds. The minimum Gasteiger partial charge on any atom is -0.481 e. The van der Waals surface area contributed by atoms with Crippen molar-refractivity contribution in [3.8, 4) is 0 Å². The standard InChI is InChI=1S/C14H19N3O5/c1-8(2)3-10-15-9(16-22-10)4-17-6-13(11(18)19)5-14(13,7-17)12(20)21/h8H,3-7H2,1-2H3,(H,18,19)(H,20,21)/t13-,14+. The second-order valence-corrected chi connectivity index (χ2v) is 6.80. The van der Waals surface area contributed by atoms with Gasteiger partial charge in [0.25, 0.3) is 0 Å². The van der Waals surface area contributed by atoms with Gasteiger partial charge in [0.1, 0.15) is 0 Å². The number of nitrogens with zero attached hydrogens (tertiary/aromatic N) is 3. The van der Waals surface area contributed by atoms with E-state index in [0.717, 1.165) is 0 Å². The average molecular weight is 309 g/mol. The molecule has 8 nitrogen and oxygen atoms in total. The van der Waals surface area contributed by atoms with Crippen LogP contribution in [0.5, 0.6) is 0 Å². The lowest BCUT2D eigenvalue weighted by molar-refractivity contribution is -0.151. The van der Waals surface area contributed by atoms with Gasteiger partial charge in [-0.05, 0) is 12.3 Å². The van der Waals surface area contributed by atoms with Crippen LogP contribution >= 0.6 is 0 Å². The molecule has 2 N–H and O–H groups in total. The number of carboxylic acids is 2. The molecule has 0 bridgehead atoms. The van der Waals surface area contributed by atoms with Gasteiger partial charge in [-0.2, -0.15) is 4.98 Å². The number of aromatic nitrogens is 2. The fourth-order valence-corrected chi connectivity index (χ4v) is 3.50. The molecule has 3 rings (SSSR count). The van der Waals surface area contributed by atoms with E-state index in [1.165, 1.54) is 0 Å². The maximum absolute atomic E-state index is 11.5. The first-order chi connectivity index (χ1) is 10.3. The van der Waals surface area contributed by atoms with Crippen LogP contribution in [0.15, 0.2) is 4.52 Å². The highest BCUT2D eigenvalue weighted by Crippen LogP contribution is 2.68. The zero-order valence-corrected chi connectivity index (χ0v) is 12.6. The molecule has 2 fully saturated rings. The molecule has 0 aromatic carbocycles. The van der Waals surface area contributed by atoms with E-state index in [1.54, 1.807) is 4.90 Å². The molecule has 2 heterocycles. The molecule has 0 radical (unpaired) electrons. The summed E-state index contributed by atoms with van der Waals surface area (Å²) in [6, 6.07) is 0. The largest absolute Gasteiger partial charge is 0.481 e. The third kappa shape index (κ3) is 2.09. The van der Waals surface area contributed by atoms with Crippen molar-refractivity contribution < 1.29 is 24.3 Å². The number of hydrogen-bond donors (Lipinski definition) is 2. The first kappa shape index (κ1) is 15.0. The monoisotopic (exact) mass is 309 g/mol. The molecule has 0 unspecified atom stereocenters. The van der Waals surface area contributed by atoms with Gasteiger partial charge < -0.3 is 14.7 Å². The minimum atomic E-state index is -1.16. The van der Waals surface area contributed by atoms with E-state index < -0.39 is 22.8 Å². The Morgan fingerprint density at radius 1 is 1.27 bits per heavy atom. The Kier molecular flexibility index (Phi) is 3.24. The summed E-state index contributed by atoms with van der Waals surface area (Å²) in [5, 5.41) is 22.6. The number of likely N-dealkylation sites (tertiary alicyclic amines) is 1. The zero-order valence-electron chi connectivity index (χ0n) is 12.6. The van der Waals surface area contributed by atoms with E-state index in [-0.39, 0.29) is 19.5 Å². The summed E-state index contributed by atoms with van der Waals surface area (Å²) >= 11 is 0. The molecule has 22 heavy (non-hydrogen) atoms. The van der Waals surface area contributed by atoms with Crippen molar-refractivity contribution in [1.82, 2.24) is 15.0 Å². The molecular weight excluding hydrogens is 290 g/mol. The summed E-state index contributed by atoms with van der Waals surface area (Å²) in [6.45, 7) is 4.83. The van der Waals surface area contributed by atoms with Crippen LogP contribution in [-0.4, -0.2) is 50.3 Å². The van der Waals surface area contributed by atoms with Crippen LogP contribution in [0.2, 0.25) is 0 Å². The summed E-state index contributed by atoms with van der Waals surface area (Å²) in [5.41, 5.74) is -2.33. The topological polar surface area (TPSA) is 117 Å². The lowest BCUT2D eigenvalue weighted by atomic mass is 9.97. The van der Waals surface area contributed by atoms with Crippen LogP contribution in [0.4, 0.5) is 0 Å². The number of aliphatic carboxylic acids is 2. The molecular formula is C14H19N3O5. The van der Waals surface area contributed by atoms with Crippen molar-refractivity contribution in [1.29, 1.82) is 0 Å². The maximum atomic E-state index is 11.5. The molecule has 120 valence electrons. The number of fused-ring (bicyclic) bond motifs is 1. The van der Waals surface area contributed by atoms with Crippen molar-refractivity contribution in [3.05, 3.63) is 11.7 Å². The SMILES string of the molecule is CC(C)Cc1nc(CN2C[C@@]3(C(=O)O)C[C@@]3(C(=O)O)C2)no1. The zero-order chi connectivity index (χ0) is 16.1. The average Bonchev–Trinajstić information content (AvgIpc) is 2.72. The van der Waals surface area contributed by atoms with Crippen molar-refractivity contribution in [3.63, 3.8) is 0 Å². The van der Waals surface area contributed by atoms with E-state index in [0.29, 0.717) is 30.6 Å². The highest BCUT2D eigenvalue weighted by Gasteiger charge is 2.80. The molecule has 1 saturated carbocycles. The van der Waals surface area contributed by atoms with Crippen LogP contribution in [0.25, 0.3) is 0 Å². The normalized spacial score (nSPS) is 30.5. The molecule has 1 aromatic heterocycles. The Hall–Kier alpha value is -1.96. The van der Waals surface area contributed by atoms with Gasteiger partial charge in [0.05, 0.1) is 17.4 Å². The van der Waals surface area contributed by atoms with E-state index in [4.69, 9.17) is 4.52 Å². The lowest BCUT2D eigenvalue weighted by Gasteiger charge is -2.17. The Bertz CT molecular complexity index is 600. The quantitative estimate of drug-likeness (QED) is 0.785. The Morgan fingerprint density at radius 3 is 2.36 bits per heavy atom.